The van der Waals surface area contributed by atoms with E-state index in [1.54, 1.807) is 7.11 Å². The zero-order chi connectivity index (χ0) is 15.6. The minimum Gasteiger partial charge on any atom is -0.383 e. The van der Waals surface area contributed by atoms with E-state index in [-0.39, 0.29) is 6.04 Å². The van der Waals surface area contributed by atoms with Crippen molar-refractivity contribution < 1.29 is 4.74 Å². The van der Waals surface area contributed by atoms with Gasteiger partial charge in [-0.05, 0) is 30.9 Å². The predicted octanol–water partition coefficient (Wildman–Crippen LogP) is 1.83. The summed E-state index contributed by atoms with van der Waals surface area (Å²) in [5.74, 6) is 0.813. The molecule has 1 aliphatic carbocycles. The number of aromatic nitrogens is 4. The zero-order valence-corrected chi connectivity index (χ0v) is 13.6. The van der Waals surface area contributed by atoms with Crippen molar-refractivity contribution in [3.63, 3.8) is 0 Å². The van der Waals surface area contributed by atoms with Gasteiger partial charge in [0.05, 0.1) is 24.0 Å². The lowest BCUT2D eigenvalue weighted by Crippen LogP contribution is -2.38. The molecule has 0 unspecified atom stereocenters. The van der Waals surface area contributed by atoms with Crippen LogP contribution in [-0.2, 0) is 24.2 Å². The fraction of sp³-hybridized carbons (Fsp3) is 0.588. The Labute approximate surface area is 136 Å². The first-order valence-electron chi connectivity index (χ1n) is 8.40. The van der Waals surface area contributed by atoms with Gasteiger partial charge >= 0.3 is 0 Å². The van der Waals surface area contributed by atoms with Gasteiger partial charge in [0.25, 0.3) is 0 Å². The monoisotopic (exact) mass is 313 g/mol. The van der Waals surface area contributed by atoms with Crippen LogP contribution in [0.5, 0.6) is 0 Å². The minimum atomic E-state index is 0.165. The van der Waals surface area contributed by atoms with Crippen molar-refractivity contribution in [2.45, 2.75) is 38.4 Å². The van der Waals surface area contributed by atoms with Crippen LogP contribution in [0.2, 0.25) is 0 Å². The molecule has 2 aliphatic rings. The lowest BCUT2D eigenvalue weighted by molar-refractivity contribution is 0.0741. The summed E-state index contributed by atoms with van der Waals surface area (Å²) in [5, 5.41) is 8.92. The number of ether oxygens (including phenoxy) is 1. The van der Waals surface area contributed by atoms with Crippen molar-refractivity contribution in [3.05, 3.63) is 41.5 Å². The van der Waals surface area contributed by atoms with Gasteiger partial charge in [-0.25, -0.2) is 4.68 Å². The van der Waals surface area contributed by atoms with Crippen LogP contribution in [0.4, 0.5) is 0 Å². The largest absolute Gasteiger partial charge is 0.383 e. The Morgan fingerprint density at radius 1 is 1.30 bits per heavy atom. The molecule has 122 valence electrons. The maximum absolute atomic E-state index is 5.47. The molecule has 23 heavy (non-hydrogen) atoms. The molecule has 0 N–H and O–H groups in total. The smallest absolute Gasteiger partial charge is 0.105 e. The molecular weight excluding hydrogens is 290 g/mol. The van der Waals surface area contributed by atoms with Crippen LogP contribution in [0.15, 0.2) is 24.4 Å². The molecule has 0 aromatic carbocycles. The summed E-state index contributed by atoms with van der Waals surface area (Å²) in [5.41, 5.74) is 3.48. The second kappa shape index (κ2) is 6.37. The molecule has 3 heterocycles. The van der Waals surface area contributed by atoms with Crippen LogP contribution < -0.4 is 0 Å². The predicted molar refractivity (Wildman–Crippen MR) is 85.7 cm³/mol. The number of rotatable bonds is 6. The summed E-state index contributed by atoms with van der Waals surface area (Å²) >= 11 is 0. The molecule has 0 spiro atoms. The highest BCUT2D eigenvalue weighted by Gasteiger charge is 2.33. The van der Waals surface area contributed by atoms with Gasteiger partial charge < -0.3 is 4.74 Å². The third-order valence-electron chi connectivity index (χ3n) is 4.80. The average Bonchev–Trinajstić information content (AvgIpc) is 3.30. The molecule has 4 rings (SSSR count). The van der Waals surface area contributed by atoms with Crippen molar-refractivity contribution in [2.75, 3.05) is 20.3 Å². The second-order valence-corrected chi connectivity index (χ2v) is 6.56. The van der Waals surface area contributed by atoms with Gasteiger partial charge in [0, 0.05) is 39.4 Å². The highest BCUT2D eigenvalue weighted by atomic mass is 16.5. The van der Waals surface area contributed by atoms with Gasteiger partial charge in [-0.3, -0.25) is 9.88 Å². The molecule has 2 aromatic rings. The lowest BCUT2D eigenvalue weighted by Gasteiger charge is -2.34. The maximum atomic E-state index is 5.47. The van der Waals surface area contributed by atoms with Crippen LogP contribution >= 0.6 is 0 Å². The molecule has 1 fully saturated rings. The molecule has 0 radical (unpaired) electrons. The first kappa shape index (κ1) is 14.8. The lowest BCUT2D eigenvalue weighted by atomic mass is 10.0. The quantitative estimate of drug-likeness (QED) is 0.814. The van der Waals surface area contributed by atoms with E-state index >= 15 is 0 Å². The van der Waals surface area contributed by atoms with Crippen LogP contribution in [0.1, 0.15) is 36.0 Å². The standard InChI is InChI=1S/C17H23N5O/c1-23-12-16-17-15(22(20-19-17)10-13-5-6-13)7-9-21(16)11-14-4-2-3-8-18-14/h2-4,8,13,16H,5-7,9-12H2,1H3/t16-/m1/s1. The number of hydrogen-bond donors (Lipinski definition) is 0. The number of fused-ring (bicyclic) bond motifs is 1. The summed E-state index contributed by atoms with van der Waals surface area (Å²) in [7, 11) is 1.75. The van der Waals surface area contributed by atoms with Gasteiger partial charge in [-0.2, -0.15) is 0 Å². The van der Waals surface area contributed by atoms with E-state index in [2.05, 4.69) is 30.9 Å². The van der Waals surface area contributed by atoms with Crippen LogP contribution in [0.25, 0.3) is 0 Å². The van der Waals surface area contributed by atoms with Crippen molar-refractivity contribution in [3.8, 4) is 0 Å². The molecular formula is C17H23N5O. The van der Waals surface area contributed by atoms with Gasteiger partial charge in [0.2, 0.25) is 0 Å². The fourth-order valence-corrected chi connectivity index (χ4v) is 3.36. The maximum Gasteiger partial charge on any atom is 0.105 e. The molecule has 1 saturated carbocycles. The number of methoxy groups -OCH3 is 1. The zero-order valence-electron chi connectivity index (χ0n) is 13.6. The summed E-state index contributed by atoms with van der Waals surface area (Å²) in [6.45, 7) is 3.49. The molecule has 2 aromatic heterocycles. The third kappa shape index (κ3) is 3.14. The molecule has 6 heteroatoms. The van der Waals surface area contributed by atoms with E-state index < -0.39 is 0 Å². The first-order valence-corrected chi connectivity index (χ1v) is 8.40. The molecule has 0 bridgehead atoms. The van der Waals surface area contributed by atoms with Gasteiger partial charge in [0.15, 0.2) is 0 Å². The van der Waals surface area contributed by atoms with Crippen molar-refractivity contribution in [1.82, 2.24) is 24.9 Å². The van der Waals surface area contributed by atoms with E-state index in [1.165, 1.54) is 18.5 Å². The molecule has 1 aliphatic heterocycles. The van der Waals surface area contributed by atoms with Crippen molar-refractivity contribution in [2.24, 2.45) is 5.92 Å². The Morgan fingerprint density at radius 2 is 2.22 bits per heavy atom. The van der Waals surface area contributed by atoms with E-state index in [0.29, 0.717) is 6.61 Å². The van der Waals surface area contributed by atoms with Gasteiger partial charge in [-0.1, -0.05) is 11.3 Å². The Kier molecular flexibility index (Phi) is 4.10. The van der Waals surface area contributed by atoms with Crippen molar-refractivity contribution >= 4 is 0 Å². The Morgan fingerprint density at radius 3 is 2.96 bits per heavy atom. The van der Waals surface area contributed by atoms with E-state index in [1.807, 2.05) is 18.3 Å². The summed E-state index contributed by atoms with van der Waals surface area (Å²) in [4.78, 5) is 6.86. The molecule has 0 amide bonds. The Hall–Kier alpha value is -1.79. The summed E-state index contributed by atoms with van der Waals surface area (Å²) < 4.78 is 7.60. The average molecular weight is 313 g/mol. The second-order valence-electron chi connectivity index (χ2n) is 6.56. The first-order chi connectivity index (χ1) is 11.3. The molecule has 6 nitrogen and oxygen atoms in total. The highest BCUT2D eigenvalue weighted by Crippen LogP contribution is 2.33. The molecule has 1 atom stereocenters. The van der Waals surface area contributed by atoms with E-state index in [0.717, 1.165) is 43.4 Å². The Balaban J connectivity index is 1.56. The normalized spacial score (nSPS) is 21.3. The minimum absolute atomic E-state index is 0.165. The van der Waals surface area contributed by atoms with Crippen molar-refractivity contribution in [1.29, 1.82) is 0 Å². The van der Waals surface area contributed by atoms with Gasteiger partial charge in [-0.15, -0.1) is 5.10 Å². The topological polar surface area (TPSA) is 56.1 Å². The SMILES string of the molecule is COC[C@@H]1c2nnn(CC3CC3)c2CCN1Cc1ccccn1. The Bertz CT molecular complexity index is 652. The number of pyridine rings is 1. The third-order valence-corrected chi connectivity index (χ3v) is 4.80. The van der Waals surface area contributed by atoms with E-state index in [9.17, 15) is 0 Å². The summed E-state index contributed by atoms with van der Waals surface area (Å²) in [6, 6.07) is 6.23. The van der Waals surface area contributed by atoms with Crippen LogP contribution in [0, 0.1) is 5.92 Å². The van der Waals surface area contributed by atoms with Crippen LogP contribution in [-0.4, -0.2) is 45.1 Å². The number of hydrogen-bond acceptors (Lipinski definition) is 5. The number of nitrogens with zero attached hydrogens (tertiary/aromatic N) is 5. The van der Waals surface area contributed by atoms with E-state index in [4.69, 9.17) is 4.74 Å². The fourth-order valence-electron chi connectivity index (χ4n) is 3.36. The summed E-state index contributed by atoms with van der Waals surface area (Å²) in [6.07, 6.45) is 5.52. The highest BCUT2D eigenvalue weighted by molar-refractivity contribution is 5.20. The van der Waals surface area contributed by atoms with Crippen LogP contribution in [0.3, 0.4) is 0 Å². The van der Waals surface area contributed by atoms with Gasteiger partial charge in [0.1, 0.15) is 5.69 Å². The molecule has 0 saturated heterocycles.